The molecule has 0 aliphatic rings. The first kappa shape index (κ1) is 14.1. The number of phenolic OH excluding ortho intramolecular Hbond substituents is 1. The molecule has 0 atom stereocenters. The van der Waals surface area contributed by atoms with Gasteiger partial charge in [-0.05, 0) is 48.9 Å². The summed E-state index contributed by atoms with van der Waals surface area (Å²) in [7, 11) is 0. The summed E-state index contributed by atoms with van der Waals surface area (Å²) in [6, 6.07) is 6.10. The highest BCUT2D eigenvalue weighted by Gasteiger charge is 2.00. The Morgan fingerprint density at radius 2 is 1.24 bits per heavy atom. The third-order valence-electron chi connectivity index (χ3n) is 3.18. The van der Waals surface area contributed by atoms with Crippen LogP contribution in [0.4, 0.5) is 0 Å². The van der Waals surface area contributed by atoms with Gasteiger partial charge in [0.2, 0.25) is 0 Å². The van der Waals surface area contributed by atoms with E-state index in [-0.39, 0.29) is 0 Å². The maximum atomic E-state index is 9.71. The lowest BCUT2D eigenvalue weighted by atomic mass is 10.0. The molecule has 0 saturated heterocycles. The molecule has 0 radical (unpaired) electrons. The van der Waals surface area contributed by atoms with E-state index in [9.17, 15) is 5.11 Å². The number of unbranched alkanes of at least 4 members (excludes halogenated alkanes) is 4. The van der Waals surface area contributed by atoms with Gasteiger partial charge in [0.05, 0.1) is 0 Å². The van der Waals surface area contributed by atoms with Gasteiger partial charge in [-0.2, -0.15) is 0 Å². The van der Waals surface area contributed by atoms with Crippen molar-refractivity contribution >= 4 is 0 Å². The quantitative estimate of drug-likeness (QED) is 0.637. The first-order valence-electron chi connectivity index (χ1n) is 7.08. The van der Waals surface area contributed by atoms with Crippen molar-refractivity contribution in [2.75, 3.05) is 0 Å². The maximum Gasteiger partial charge on any atom is 0.116 e. The molecule has 0 aromatic heterocycles. The third-order valence-corrected chi connectivity index (χ3v) is 3.18. The number of rotatable bonds is 8. The largest absolute Gasteiger partial charge is 0.508 e. The Kier molecular flexibility index (Phi) is 6.76. The zero-order chi connectivity index (χ0) is 12.5. The second-order valence-electron chi connectivity index (χ2n) is 4.92. The van der Waals surface area contributed by atoms with Crippen LogP contribution in [0.1, 0.15) is 63.5 Å². The van der Waals surface area contributed by atoms with Gasteiger partial charge >= 0.3 is 0 Å². The van der Waals surface area contributed by atoms with Crippen molar-refractivity contribution in [3.63, 3.8) is 0 Å². The molecule has 0 saturated carbocycles. The van der Waals surface area contributed by atoms with Gasteiger partial charge in [0.25, 0.3) is 0 Å². The number of aryl methyl sites for hydroxylation is 2. The summed E-state index contributed by atoms with van der Waals surface area (Å²) in [6.07, 6.45) is 9.72. The minimum atomic E-state index is 0.436. The predicted octanol–water partition coefficient (Wildman–Crippen LogP) is 4.86. The van der Waals surface area contributed by atoms with Crippen LogP contribution in [0.15, 0.2) is 18.2 Å². The maximum absolute atomic E-state index is 9.71. The molecule has 96 valence electrons. The van der Waals surface area contributed by atoms with Crippen molar-refractivity contribution in [1.82, 2.24) is 0 Å². The first-order chi connectivity index (χ1) is 8.26. The molecule has 1 nitrogen and oxygen atoms in total. The molecule has 1 N–H and O–H groups in total. The molecular weight excluding hydrogens is 208 g/mol. The van der Waals surface area contributed by atoms with Crippen LogP contribution >= 0.6 is 0 Å². The Hall–Kier alpha value is -0.980. The van der Waals surface area contributed by atoms with Crippen LogP contribution in [0.2, 0.25) is 0 Å². The zero-order valence-corrected chi connectivity index (χ0v) is 11.3. The summed E-state index contributed by atoms with van der Waals surface area (Å²) < 4.78 is 0. The molecule has 1 heteroatoms. The van der Waals surface area contributed by atoms with Crippen LogP contribution < -0.4 is 0 Å². The molecule has 0 heterocycles. The molecule has 1 aromatic rings. The second kappa shape index (κ2) is 8.16. The van der Waals surface area contributed by atoms with E-state index < -0.39 is 0 Å². The highest BCUT2D eigenvalue weighted by Crippen LogP contribution is 2.19. The van der Waals surface area contributed by atoms with E-state index in [1.54, 1.807) is 0 Å². The fourth-order valence-corrected chi connectivity index (χ4v) is 2.19. The molecule has 0 aliphatic carbocycles. The number of hydrogen-bond acceptors (Lipinski definition) is 1. The van der Waals surface area contributed by atoms with E-state index in [1.807, 2.05) is 12.1 Å². The number of benzene rings is 1. The number of hydrogen-bond donors (Lipinski definition) is 1. The van der Waals surface area contributed by atoms with E-state index in [4.69, 9.17) is 0 Å². The van der Waals surface area contributed by atoms with Crippen molar-refractivity contribution in [3.8, 4) is 5.75 Å². The van der Waals surface area contributed by atoms with Gasteiger partial charge in [-0.3, -0.25) is 0 Å². The van der Waals surface area contributed by atoms with E-state index in [0.29, 0.717) is 5.75 Å². The summed E-state index contributed by atoms with van der Waals surface area (Å²) in [6.45, 7) is 4.44. The van der Waals surface area contributed by atoms with Crippen molar-refractivity contribution in [3.05, 3.63) is 29.3 Å². The van der Waals surface area contributed by atoms with Crippen LogP contribution in [-0.2, 0) is 12.8 Å². The lowest BCUT2D eigenvalue weighted by Crippen LogP contribution is -1.91. The molecule has 0 aliphatic heterocycles. The van der Waals surface area contributed by atoms with Crippen LogP contribution in [0.25, 0.3) is 0 Å². The summed E-state index contributed by atoms with van der Waals surface area (Å²) in [4.78, 5) is 0. The Balaban J connectivity index is 2.53. The summed E-state index contributed by atoms with van der Waals surface area (Å²) in [5.74, 6) is 0.436. The van der Waals surface area contributed by atoms with Crippen molar-refractivity contribution < 1.29 is 5.11 Å². The Labute approximate surface area is 106 Å². The van der Waals surface area contributed by atoms with Crippen molar-refractivity contribution in [1.29, 1.82) is 0 Å². The smallest absolute Gasteiger partial charge is 0.116 e. The highest BCUT2D eigenvalue weighted by molar-refractivity contribution is 5.33. The first-order valence-corrected chi connectivity index (χ1v) is 7.08. The number of phenols is 1. The normalized spacial score (nSPS) is 10.7. The van der Waals surface area contributed by atoms with Crippen molar-refractivity contribution in [2.24, 2.45) is 0 Å². The molecule has 0 fully saturated rings. The molecule has 0 unspecified atom stereocenters. The molecule has 1 rings (SSSR count). The fourth-order valence-electron chi connectivity index (χ4n) is 2.19. The summed E-state index contributed by atoms with van der Waals surface area (Å²) in [5, 5.41) is 9.71. The molecule has 0 amide bonds. The molecular formula is C16H26O. The minimum Gasteiger partial charge on any atom is -0.508 e. The SMILES string of the molecule is CCCCCc1cc(O)cc(CCCCC)c1. The van der Waals surface area contributed by atoms with E-state index in [2.05, 4.69) is 19.9 Å². The average Bonchev–Trinajstić information content (AvgIpc) is 2.29. The Morgan fingerprint density at radius 3 is 1.65 bits per heavy atom. The van der Waals surface area contributed by atoms with Crippen LogP contribution in [-0.4, -0.2) is 5.11 Å². The van der Waals surface area contributed by atoms with Gasteiger partial charge in [0.15, 0.2) is 0 Å². The van der Waals surface area contributed by atoms with Gasteiger partial charge < -0.3 is 5.11 Å². The highest BCUT2D eigenvalue weighted by atomic mass is 16.3. The molecule has 0 bridgehead atoms. The number of aromatic hydroxyl groups is 1. The Morgan fingerprint density at radius 1 is 0.765 bits per heavy atom. The summed E-state index contributed by atoms with van der Waals surface area (Å²) >= 11 is 0. The van der Waals surface area contributed by atoms with E-state index in [0.717, 1.165) is 12.8 Å². The lowest BCUT2D eigenvalue weighted by molar-refractivity contribution is 0.473. The van der Waals surface area contributed by atoms with Gasteiger partial charge in [-0.15, -0.1) is 0 Å². The molecule has 17 heavy (non-hydrogen) atoms. The van der Waals surface area contributed by atoms with E-state index >= 15 is 0 Å². The van der Waals surface area contributed by atoms with Gasteiger partial charge in [0.1, 0.15) is 5.75 Å². The Bertz CT molecular complexity index is 289. The van der Waals surface area contributed by atoms with Crippen LogP contribution in [0.5, 0.6) is 5.75 Å². The monoisotopic (exact) mass is 234 g/mol. The van der Waals surface area contributed by atoms with Crippen LogP contribution in [0, 0.1) is 0 Å². The van der Waals surface area contributed by atoms with E-state index in [1.165, 1.54) is 49.7 Å². The average molecular weight is 234 g/mol. The second-order valence-corrected chi connectivity index (χ2v) is 4.92. The lowest BCUT2D eigenvalue weighted by Gasteiger charge is -2.07. The third kappa shape index (κ3) is 5.76. The zero-order valence-electron chi connectivity index (χ0n) is 11.3. The molecule has 0 spiro atoms. The summed E-state index contributed by atoms with van der Waals surface area (Å²) in [5.41, 5.74) is 2.59. The standard InChI is InChI=1S/C16H26O/c1-3-5-7-9-14-11-15(10-8-6-4-2)13-16(17)12-14/h11-13,17H,3-10H2,1-2H3. The van der Waals surface area contributed by atoms with Gasteiger partial charge in [-0.1, -0.05) is 45.6 Å². The van der Waals surface area contributed by atoms with Crippen molar-refractivity contribution in [2.45, 2.75) is 65.2 Å². The van der Waals surface area contributed by atoms with Crippen LogP contribution in [0.3, 0.4) is 0 Å². The predicted molar refractivity (Wildman–Crippen MR) is 74.6 cm³/mol. The van der Waals surface area contributed by atoms with Gasteiger partial charge in [-0.25, -0.2) is 0 Å². The minimum absolute atomic E-state index is 0.436. The topological polar surface area (TPSA) is 20.2 Å². The fraction of sp³-hybridized carbons (Fsp3) is 0.625. The van der Waals surface area contributed by atoms with Gasteiger partial charge in [0, 0.05) is 0 Å². The molecule has 1 aromatic carbocycles.